The first-order valence-electron chi connectivity index (χ1n) is 12.1. The Balaban J connectivity index is 1.22. The van der Waals surface area contributed by atoms with Gasteiger partial charge in [0, 0.05) is 47.3 Å². The van der Waals surface area contributed by atoms with Crippen LogP contribution >= 0.6 is 0 Å². The monoisotopic (exact) mass is 496 g/mol. The molecule has 0 saturated heterocycles. The van der Waals surface area contributed by atoms with Gasteiger partial charge in [0.2, 0.25) is 0 Å². The van der Waals surface area contributed by atoms with Crippen molar-refractivity contribution in [1.29, 1.82) is 0 Å². The Morgan fingerprint density at radius 2 is 0.868 bits per heavy atom. The van der Waals surface area contributed by atoms with E-state index >= 15 is 0 Å². The Morgan fingerprint density at radius 1 is 0.474 bits per heavy atom. The van der Waals surface area contributed by atoms with Crippen LogP contribution in [0.2, 0.25) is 0 Å². The summed E-state index contributed by atoms with van der Waals surface area (Å²) in [5, 5.41) is 0. The van der Waals surface area contributed by atoms with Gasteiger partial charge in [-0.1, -0.05) is 60.7 Å². The van der Waals surface area contributed by atoms with Crippen molar-refractivity contribution in [3.05, 3.63) is 143 Å². The van der Waals surface area contributed by atoms with Gasteiger partial charge in [0.05, 0.1) is 12.4 Å². The second-order valence-electron chi connectivity index (χ2n) is 8.91. The molecule has 4 aliphatic rings. The van der Waals surface area contributed by atoms with Gasteiger partial charge in [-0.15, -0.1) is 0 Å². The van der Waals surface area contributed by atoms with E-state index < -0.39 is 0 Å². The van der Waals surface area contributed by atoms with E-state index in [1.165, 1.54) is 0 Å². The number of nitrogens with zero attached hydrogens (tertiary/aromatic N) is 6. The van der Waals surface area contributed by atoms with E-state index in [0.717, 1.165) is 22.5 Å². The Labute approximate surface area is 216 Å². The van der Waals surface area contributed by atoms with Gasteiger partial charge in [-0.3, -0.25) is 18.7 Å². The fourth-order valence-electron chi connectivity index (χ4n) is 4.64. The first kappa shape index (κ1) is 21.8. The SMILES string of the molecule is O=c1c(-c2ccccc2)nc2cn(-c3ccc(-n4ccn5c(=O)c(-c6ccccc6)nc-5c4)cc3)ccn1-2. The van der Waals surface area contributed by atoms with Gasteiger partial charge in [0.1, 0.15) is 11.4 Å². The molecule has 0 atom stereocenters. The highest BCUT2D eigenvalue weighted by Gasteiger charge is 2.17. The van der Waals surface area contributed by atoms with Crippen LogP contribution in [0.1, 0.15) is 0 Å². The minimum absolute atomic E-state index is 0.142. The summed E-state index contributed by atoms with van der Waals surface area (Å²) in [5.74, 6) is 1.14. The number of benzene rings is 3. The number of hydrogen-bond acceptors (Lipinski definition) is 4. The zero-order valence-corrected chi connectivity index (χ0v) is 20.0. The third-order valence-corrected chi connectivity index (χ3v) is 6.59. The maximum absolute atomic E-state index is 12.8. The number of hydrogen-bond donors (Lipinski definition) is 0. The van der Waals surface area contributed by atoms with Crippen LogP contribution in [0, 0.1) is 0 Å². The van der Waals surface area contributed by atoms with Crippen molar-refractivity contribution in [1.82, 2.24) is 28.2 Å². The molecular formula is C30H20N6O2. The van der Waals surface area contributed by atoms with Crippen LogP contribution in [-0.4, -0.2) is 28.2 Å². The smallest absolute Gasteiger partial charge is 0.282 e. The number of rotatable bonds is 4. The molecule has 0 N–H and O–H groups in total. The average Bonchev–Trinajstić information content (AvgIpc) is 3.49. The normalized spacial score (nSPS) is 11.4. The highest BCUT2D eigenvalue weighted by Crippen LogP contribution is 2.21. The molecule has 0 aromatic heterocycles. The van der Waals surface area contributed by atoms with E-state index in [9.17, 15) is 9.59 Å². The van der Waals surface area contributed by atoms with Crippen molar-refractivity contribution in [2.24, 2.45) is 0 Å². The summed E-state index contributed by atoms with van der Waals surface area (Å²) in [6.07, 6.45) is 10.8. The van der Waals surface area contributed by atoms with Crippen LogP contribution in [0.25, 0.3) is 45.5 Å². The van der Waals surface area contributed by atoms with Crippen LogP contribution in [0.4, 0.5) is 0 Å². The average molecular weight is 497 g/mol. The fourth-order valence-corrected chi connectivity index (χ4v) is 4.64. The van der Waals surface area contributed by atoms with Crippen LogP contribution < -0.4 is 11.1 Å². The van der Waals surface area contributed by atoms with Crippen molar-refractivity contribution in [3.63, 3.8) is 0 Å². The van der Waals surface area contributed by atoms with Crippen LogP contribution in [0.5, 0.6) is 0 Å². The fraction of sp³-hybridized carbons (Fsp3) is 0. The Bertz CT molecular complexity index is 1800. The van der Waals surface area contributed by atoms with Crippen molar-refractivity contribution in [2.75, 3.05) is 0 Å². The lowest BCUT2D eigenvalue weighted by Crippen LogP contribution is -2.14. The summed E-state index contributed by atoms with van der Waals surface area (Å²) in [6.45, 7) is 0. The molecule has 38 heavy (non-hydrogen) atoms. The van der Waals surface area contributed by atoms with E-state index in [1.54, 1.807) is 21.5 Å². The minimum Gasteiger partial charge on any atom is -0.319 e. The predicted molar refractivity (Wildman–Crippen MR) is 145 cm³/mol. The van der Waals surface area contributed by atoms with E-state index in [4.69, 9.17) is 0 Å². The number of imidazole rings is 2. The quantitative estimate of drug-likeness (QED) is 0.358. The third kappa shape index (κ3) is 3.55. The molecule has 8 heteroatoms. The second kappa shape index (κ2) is 8.56. The summed E-state index contributed by atoms with van der Waals surface area (Å²) in [5.41, 5.74) is 4.01. The molecule has 3 aromatic rings. The molecular weight excluding hydrogens is 476 g/mol. The lowest BCUT2D eigenvalue weighted by molar-refractivity contribution is 0.900. The van der Waals surface area contributed by atoms with Crippen molar-refractivity contribution < 1.29 is 0 Å². The summed E-state index contributed by atoms with van der Waals surface area (Å²) in [7, 11) is 0. The van der Waals surface area contributed by atoms with Gasteiger partial charge in [0.25, 0.3) is 11.1 Å². The van der Waals surface area contributed by atoms with Gasteiger partial charge >= 0.3 is 0 Å². The molecule has 0 spiro atoms. The first-order valence-corrected chi connectivity index (χ1v) is 12.1. The molecule has 4 heterocycles. The van der Waals surface area contributed by atoms with E-state index in [0.29, 0.717) is 23.0 Å². The Morgan fingerprint density at radius 3 is 1.26 bits per heavy atom. The summed E-state index contributed by atoms with van der Waals surface area (Å²) < 4.78 is 6.96. The van der Waals surface area contributed by atoms with Crippen molar-refractivity contribution in [2.45, 2.75) is 0 Å². The predicted octanol–water partition coefficient (Wildman–Crippen LogP) is 4.57. The molecule has 0 aliphatic carbocycles. The summed E-state index contributed by atoms with van der Waals surface area (Å²) in [6, 6.07) is 26.9. The molecule has 0 fully saturated rings. The highest BCUT2D eigenvalue weighted by atomic mass is 16.1. The lowest BCUT2D eigenvalue weighted by Gasteiger charge is -2.12. The van der Waals surface area contributed by atoms with Crippen molar-refractivity contribution >= 4 is 0 Å². The molecule has 3 aromatic carbocycles. The maximum atomic E-state index is 12.8. The molecule has 0 amide bonds. The molecule has 4 aliphatic heterocycles. The molecule has 0 bridgehead atoms. The zero-order valence-electron chi connectivity index (χ0n) is 20.0. The molecule has 0 unspecified atom stereocenters. The molecule has 0 saturated carbocycles. The highest BCUT2D eigenvalue weighted by molar-refractivity contribution is 5.61. The second-order valence-corrected chi connectivity index (χ2v) is 8.91. The standard InChI is InChI=1S/C30H20N6O2/c37-29-27(21-7-3-1-4-8-21)31-25-19-33(15-17-35(25)29)23-11-13-24(14-12-23)34-16-18-36-26(20-34)32-28(30(36)38)22-9-5-2-6-10-22/h1-20H. The third-order valence-electron chi connectivity index (χ3n) is 6.59. The Hall–Kier alpha value is -5.50. The maximum Gasteiger partial charge on any atom is 0.282 e. The van der Waals surface area contributed by atoms with Gasteiger partial charge in [0.15, 0.2) is 11.6 Å². The van der Waals surface area contributed by atoms with Gasteiger partial charge in [-0.25, -0.2) is 9.97 Å². The Kier molecular flexibility index (Phi) is 4.90. The summed E-state index contributed by atoms with van der Waals surface area (Å²) in [4.78, 5) is 34.8. The van der Waals surface area contributed by atoms with Crippen LogP contribution in [0.15, 0.2) is 132 Å². The molecule has 8 nitrogen and oxygen atoms in total. The summed E-state index contributed by atoms with van der Waals surface area (Å²) >= 11 is 0. The van der Waals surface area contributed by atoms with Gasteiger partial charge < -0.3 is 9.13 Å². The molecule has 7 rings (SSSR count). The topological polar surface area (TPSA) is 79.6 Å². The van der Waals surface area contributed by atoms with Crippen molar-refractivity contribution in [3.8, 4) is 45.5 Å². The van der Waals surface area contributed by atoms with E-state index in [2.05, 4.69) is 9.97 Å². The van der Waals surface area contributed by atoms with Gasteiger partial charge in [-0.05, 0) is 24.3 Å². The lowest BCUT2D eigenvalue weighted by atomic mass is 10.2. The van der Waals surface area contributed by atoms with Crippen LogP contribution in [-0.2, 0) is 0 Å². The number of fused-ring (bicyclic) bond motifs is 2. The number of aromatic nitrogens is 6. The molecule has 0 radical (unpaired) electrons. The largest absolute Gasteiger partial charge is 0.319 e. The van der Waals surface area contributed by atoms with Crippen LogP contribution in [0.3, 0.4) is 0 Å². The first-order chi connectivity index (χ1) is 18.7. The zero-order chi connectivity index (χ0) is 25.6. The van der Waals surface area contributed by atoms with E-state index in [1.807, 2.05) is 119 Å². The van der Waals surface area contributed by atoms with E-state index in [-0.39, 0.29) is 11.1 Å². The molecule has 182 valence electrons. The van der Waals surface area contributed by atoms with Gasteiger partial charge in [-0.2, -0.15) is 0 Å². The minimum atomic E-state index is -0.142.